The normalized spacial score (nSPS) is 37.3. The highest BCUT2D eigenvalue weighted by molar-refractivity contribution is 9.10. The van der Waals surface area contributed by atoms with E-state index in [2.05, 4.69) is 15.9 Å². The van der Waals surface area contributed by atoms with E-state index in [9.17, 15) is 38.7 Å². The van der Waals surface area contributed by atoms with Crippen LogP contribution in [-0.4, -0.2) is 81.0 Å². The van der Waals surface area contributed by atoms with Crippen molar-refractivity contribution >= 4 is 31.7 Å². The van der Waals surface area contributed by atoms with Gasteiger partial charge in [-0.05, 0) is 66.7 Å². The molecule has 2 aliphatic rings. The maximum Gasteiger partial charge on any atom is 0.339 e. The lowest BCUT2D eigenvalue weighted by atomic mass is 9.68. The first-order valence-corrected chi connectivity index (χ1v) is 16.8. The third-order valence-corrected chi connectivity index (χ3v) is 12.4. The number of benzene rings is 2. The number of carbonyl (C=O) groups is 1. The van der Waals surface area contributed by atoms with E-state index in [1.807, 2.05) is 44.2 Å². The van der Waals surface area contributed by atoms with Crippen molar-refractivity contribution in [3.05, 3.63) is 58.1 Å². The Morgan fingerprint density at radius 2 is 1.70 bits per heavy atom. The molecule has 1 saturated heterocycles. The van der Waals surface area contributed by atoms with Crippen molar-refractivity contribution in [3.63, 3.8) is 0 Å². The number of sulfone groups is 1. The molecule has 0 saturated carbocycles. The maximum absolute atomic E-state index is 14.1. The first kappa shape index (κ1) is 33.8. The molecular weight excluding hydrogens is 644 g/mol. The van der Waals surface area contributed by atoms with E-state index in [4.69, 9.17) is 9.47 Å². The Balaban J connectivity index is 1.88. The number of rotatable bonds is 8. The molecule has 43 heavy (non-hydrogen) atoms. The Morgan fingerprint density at radius 3 is 2.26 bits per heavy atom. The molecule has 238 valence electrons. The molecule has 12 heteroatoms. The van der Waals surface area contributed by atoms with Crippen LogP contribution in [0.25, 0.3) is 0 Å². The molecule has 2 aliphatic heterocycles. The highest BCUT2D eigenvalue weighted by Gasteiger charge is 2.69. The molecule has 0 aromatic heterocycles. The lowest BCUT2D eigenvalue weighted by Gasteiger charge is -2.55. The van der Waals surface area contributed by atoms with Crippen molar-refractivity contribution in [1.29, 1.82) is 0 Å². The summed E-state index contributed by atoms with van der Waals surface area (Å²) in [5, 5.41) is 54.9. The Bertz CT molecular complexity index is 1460. The SMILES string of the molecule is CCCCC1(CC)CS(=O)(=O)c2cc(O[C@@H]3OC(C)(C(=O)O)C(C)(O)C(C)(O)C3O)c(Br)cc2C(c2ccccc2)C1O. The molecule has 4 rings (SSSR count). The average Bonchev–Trinajstić information content (AvgIpc) is 3.01. The number of fused-ring (bicyclic) bond motifs is 1. The first-order valence-electron chi connectivity index (χ1n) is 14.4. The summed E-state index contributed by atoms with van der Waals surface area (Å²) in [5.74, 6) is -2.70. The van der Waals surface area contributed by atoms with Crippen molar-refractivity contribution in [2.75, 3.05) is 5.75 Å². The van der Waals surface area contributed by atoms with Crippen molar-refractivity contribution < 1.29 is 48.2 Å². The van der Waals surface area contributed by atoms with Crippen LogP contribution in [0.5, 0.6) is 5.75 Å². The van der Waals surface area contributed by atoms with Gasteiger partial charge in [0.05, 0.1) is 21.2 Å². The standard InChI is InChI=1S/C31H41BrO10S/c1-6-8-14-31(7-2)17-43(39,40)22-16-21(20(32)15-19(22)23(24(31)33)18-12-10-9-11-13-18)41-26-25(34)28(3,37)30(5,38)29(4,42-26)27(35)36/h9-13,15-16,23-26,33-34,37-38H,6-8,14,17H2,1-5H3,(H,35,36)/t23?,24?,25?,26-,28?,29?,30?,31?/m1/s1. The third kappa shape index (κ3) is 5.43. The molecule has 0 bridgehead atoms. The zero-order valence-corrected chi connectivity index (χ0v) is 27.4. The fourth-order valence-electron chi connectivity index (χ4n) is 6.40. The van der Waals surface area contributed by atoms with Crippen LogP contribution in [0.4, 0.5) is 0 Å². The van der Waals surface area contributed by atoms with Crippen LogP contribution in [-0.2, 0) is 19.4 Å². The summed E-state index contributed by atoms with van der Waals surface area (Å²) in [6, 6.07) is 12.0. The smallest absolute Gasteiger partial charge is 0.339 e. The summed E-state index contributed by atoms with van der Waals surface area (Å²) in [4.78, 5) is 12.1. The van der Waals surface area contributed by atoms with Gasteiger partial charge in [-0.1, -0.05) is 57.0 Å². The van der Waals surface area contributed by atoms with Gasteiger partial charge >= 0.3 is 5.97 Å². The molecule has 0 aliphatic carbocycles. The number of aliphatic hydroxyl groups is 4. The van der Waals surface area contributed by atoms with E-state index < -0.39 is 62.4 Å². The number of carboxylic acids is 1. The van der Waals surface area contributed by atoms with E-state index in [1.54, 1.807) is 6.07 Å². The number of hydrogen-bond acceptors (Lipinski definition) is 9. The minimum Gasteiger partial charge on any atom is -0.479 e. The topological polar surface area (TPSA) is 171 Å². The summed E-state index contributed by atoms with van der Waals surface area (Å²) in [6.45, 7) is 7.06. The number of aliphatic hydroxyl groups excluding tert-OH is 2. The molecule has 2 heterocycles. The zero-order valence-electron chi connectivity index (χ0n) is 24.9. The largest absolute Gasteiger partial charge is 0.479 e. The van der Waals surface area contributed by atoms with Gasteiger partial charge in [0.15, 0.2) is 15.4 Å². The molecule has 2 aromatic carbocycles. The van der Waals surface area contributed by atoms with Crippen molar-refractivity contribution in [3.8, 4) is 5.75 Å². The van der Waals surface area contributed by atoms with Crippen LogP contribution in [0.3, 0.4) is 0 Å². The van der Waals surface area contributed by atoms with Crippen molar-refractivity contribution in [2.24, 2.45) is 5.41 Å². The number of ether oxygens (including phenoxy) is 2. The van der Waals surface area contributed by atoms with E-state index in [0.717, 1.165) is 39.2 Å². The maximum atomic E-state index is 14.1. The Kier molecular flexibility index (Phi) is 9.21. The highest BCUT2D eigenvalue weighted by Crippen LogP contribution is 2.51. The second kappa shape index (κ2) is 11.7. The molecule has 8 atom stereocenters. The lowest BCUT2D eigenvalue weighted by molar-refractivity contribution is -0.362. The number of carboxylic acid groups (broad SMARTS) is 1. The van der Waals surface area contributed by atoms with Gasteiger partial charge in [0.1, 0.15) is 23.1 Å². The van der Waals surface area contributed by atoms with E-state index in [1.165, 1.54) is 6.07 Å². The Hall–Kier alpha value is -2.06. The van der Waals surface area contributed by atoms with Crippen LogP contribution in [0.15, 0.2) is 51.8 Å². The molecule has 1 fully saturated rings. The predicted octanol–water partition coefficient (Wildman–Crippen LogP) is 3.76. The van der Waals surface area contributed by atoms with Gasteiger partial charge < -0.3 is 35.0 Å². The number of aliphatic carboxylic acids is 1. The van der Waals surface area contributed by atoms with Gasteiger partial charge in [0.2, 0.25) is 6.29 Å². The quantitative estimate of drug-likeness (QED) is 0.276. The molecule has 10 nitrogen and oxygen atoms in total. The minimum absolute atomic E-state index is 0.0736. The molecule has 7 unspecified atom stereocenters. The van der Waals surface area contributed by atoms with Crippen LogP contribution >= 0.6 is 15.9 Å². The van der Waals surface area contributed by atoms with E-state index in [-0.39, 0.29) is 20.9 Å². The van der Waals surface area contributed by atoms with Crippen LogP contribution < -0.4 is 4.74 Å². The van der Waals surface area contributed by atoms with Gasteiger partial charge in [0.25, 0.3) is 0 Å². The number of halogens is 1. The summed E-state index contributed by atoms with van der Waals surface area (Å²) < 4.78 is 40.0. The van der Waals surface area contributed by atoms with Gasteiger partial charge in [-0.3, -0.25) is 0 Å². The van der Waals surface area contributed by atoms with Gasteiger partial charge in [0, 0.05) is 17.4 Å². The molecule has 2 aromatic rings. The summed E-state index contributed by atoms with van der Waals surface area (Å²) >= 11 is 3.43. The second-order valence-electron chi connectivity index (χ2n) is 12.3. The monoisotopic (exact) mass is 684 g/mol. The predicted molar refractivity (Wildman–Crippen MR) is 162 cm³/mol. The third-order valence-electron chi connectivity index (χ3n) is 9.80. The minimum atomic E-state index is -4.02. The average molecular weight is 686 g/mol. The molecule has 0 spiro atoms. The summed E-state index contributed by atoms with van der Waals surface area (Å²) in [7, 11) is -4.02. The number of unbranched alkanes of at least 4 members (excludes halogenated alkanes) is 1. The van der Waals surface area contributed by atoms with E-state index in [0.29, 0.717) is 18.4 Å². The molecular formula is C31H41BrO10S. The highest BCUT2D eigenvalue weighted by atomic mass is 79.9. The van der Waals surface area contributed by atoms with E-state index >= 15 is 0 Å². The summed E-state index contributed by atoms with van der Waals surface area (Å²) in [6.07, 6.45) is -2.27. The lowest BCUT2D eigenvalue weighted by Crippen LogP contribution is -2.78. The number of hydrogen-bond donors (Lipinski definition) is 5. The van der Waals surface area contributed by atoms with Crippen molar-refractivity contribution in [2.45, 2.75) is 106 Å². The Morgan fingerprint density at radius 1 is 1.07 bits per heavy atom. The van der Waals surface area contributed by atoms with Crippen molar-refractivity contribution in [1.82, 2.24) is 0 Å². The zero-order chi connectivity index (χ0) is 32.2. The summed E-state index contributed by atoms with van der Waals surface area (Å²) in [5.41, 5.74) is -7.09. The van der Waals surface area contributed by atoms with Gasteiger partial charge in [-0.2, -0.15) is 0 Å². The van der Waals surface area contributed by atoms with Gasteiger partial charge in [-0.15, -0.1) is 0 Å². The van der Waals surface area contributed by atoms with Crippen LogP contribution in [0.1, 0.15) is 77.3 Å². The second-order valence-corrected chi connectivity index (χ2v) is 15.2. The fourth-order valence-corrected chi connectivity index (χ4v) is 9.11. The first-order chi connectivity index (χ1) is 19.9. The fraction of sp³-hybridized carbons (Fsp3) is 0.581. The Labute approximate surface area is 260 Å². The van der Waals surface area contributed by atoms with Gasteiger partial charge in [-0.25, -0.2) is 13.2 Å². The molecule has 0 radical (unpaired) electrons. The molecule has 0 amide bonds. The molecule has 5 N–H and O–H groups in total. The van der Waals surface area contributed by atoms with Crippen LogP contribution in [0.2, 0.25) is 0 Å². The van der Waals surface area contributed by atoms with Crippen LogP contribution in [0, 0.1) is 5.41 Å².